The maximum atomic E-state index is 11.9. The second-order valence-electron chi connectivity index (χ2n) is 5.99. The highest BCUT2D eigenvalue weighted by atomic mass is 35.5. The fourth-order valence-corrected chi connectivity index (χ4v) is 4.25. The Balaban J connectivity index is 1.92. The van der Waals surface area contributed by atoms with Gasteiger partial charge in [-0.15, -0.1) is 0 Å². The van der Waals surface area contributed by atoms with Gasteiger partial charge in [0.2, 0.25) is 10.0 Å². The van der Waals surface area contributed by atoms with Crippen molar-refractivity contribution in [2.24, 2.45) is 0 Å². The molecule has 0 bridgehead atoms. The molecule has 0 amide bonds. The van der Waals surface area contributed by atoms with E-state index in [-0.39, 0.29) is 11.8 Å². The second kappa shape index (κ2) is 7.30. The smallest absolute Gasteiger partial charge is 0.213 e. The Bertz CT molecular complexity index is 611. The van der Waals surface area contributed by atoms with Crippen LogP contribution in [0.2, 0.25) is 5.02 Å². The highest BCUT2D eigenvalue weighted by Crippen LogP contribution is 2.22. The largest absolute Gasteiger partial charge is 0.299 e. The third-order valence-electron chi connectivity index (χ3n) is 4.57. The molecule has 1 saturated heterocycles. The highest BCUT2D eigenvalue weighted by Gasteiger charge is 2.28. The van der Waals surface area contributed by atoms with E-state index in [4.69, 9.17) is 11.6 Å². The minimum atomic E-state index is -3.09. The van der Waals surface area contributed by atoms with Crippen LogP contribution >= 0.6 is 11.6 Å². The van der Waals surface area contributed by atoms with Crippen molar-refractivity contribution in [3.05, 3.63) is 34.3 Å². The summed E-state index contributed by atoms with van der Waals surface area (Å²) in [5, 5.41) is 0.770. The molecule has 1 aliphatic rings. The number of piperidine rings is 1. The quantitative estimate of drug-likeness (QED) is 0.824. The zero-order valence-corrected chi connectivity index (χ0v) is 15.1. The standard InChI is InChI=1S/C16H25ClN2O2S/c1-4-22(20,21)18(3)16-7-9-19(10-8-16)12-14-5-6-15(17)11-13(14)2/h5-6,11,16H,4,7-10,12H2,1-3H3. The molecule has 1 aromatic rings. The first-order chi connectivity index (χ1) is 10.3. The molecule has 1 aliphatic heterocycles. The molecule has 22 heavy (non-hydrogen) atoms. The number of halogens is 1. The highest BCUT2D eigenvalue weighted by molar-refractivity contribution is 7.89. The van der Waals surface area contributed by atoms with Gasteiger partial charge in [0.1, 0.15) is 0 Å². The van der Waals surface area contributed by atoms with E-state index in [1.54, 1.807) is 18.3 Å². The van der Waals surface area contributed by atoms with Gasteiger partial charge in [-0.25, -0.2) is 12.7 Å². The molecule has 1 heterocycles. The van der Waals surface area contributed by atoms with Gasteiger partial charge in [0.15, 0.2) is 0 Å². The van der Waals surface area contributed by atoms with E-state index in [1.807, 2.05) is 12.1 Å². The minimum absolute atomic E-state index is 0.132. The van der Waals surface area contributed by atoms with Gasteiger partial charge in [0.05, 0.1) is 5.75 Å². The number of hydrogen-bond acceptors (Lipinski definition) is 3. The number of likely N-dealkylation sites (tertiary alicyclic amines) is 1. The molecule has 2 rings (SSSR count). The van der Waals surface area contributed by atoms with Crippen LogP contribution in [0, 0.1) is 6.92 Å². The summed E-state index contributed by atoms with van der Waals surface area (Å²) in [4.78, 5) is 2.39. The molecule has 0 atom stereocenters. The molecule has 1 fully saturated rings. The average molecular weight is 345 g/mol. The maximum Gasteiger partial charge on any atom is 0.213 e. The lowest BCUT2D eigenvalue weighted by Crippen LogP contribution is -2.45. The Labute approximate surface area is 139 Å². The van der Waals surface area contributed by atoms with Crippen LogP contribution in [-0.4, -0.2) is 49.6 Å². The molecule has 6 heteroatoms. The zero-order chi connectivity index (χ0) is 16.3. The summed E-state index contributed by atoms with van der Waals surface area (Å²) in [7, 11) is -1.37. The van der Waals surface area contributed by atoms with E-state index in [0.29, 0.717) is 0 Å². The van der Waals surface area contributed by atoms with E-state index >= 15 is 0 Å². The van der Waals surface area contributed by atoms with Crippen LogP contribution in [0.5, 0.6) is 0 Å². The lowest BCUT2D eigenvalue weighted by Gasteiger charge is -2.36. The molecule has 0 spiro atoms. The van der Waals surface area contributed by atoms with E-state index in [0.717, 1.165) is 37.5 Å². The van der Waals surface area contributed by atoms with Crippen molar-refractivity contribution in [1.82, 2.24) is 9.21 Å². The van der Waals surface area contributed by atoms with Gasteiger partial charge >= 0.3 is 0 Å². The summed E-state index contributed by atoms with van der Waals surface area (Å²) in [6, 6.07) is 6.13. The van der Waals surface area contributed by atoms with Crippen LogP contribution in [0.25, 0.3) is 0 Å². The van der Waals surface area contributed by atoms with Gasteiger partial charge in [0.25, 0.3) is 0 Å². The summed E-state index contributed by atoms with van der Waals surface area (Å²) >= 11 is 5.99. The van der Waals surface area contributed by atoms with Crippen LogP contribution in [0.4, 0.5) is 0 Å². The lowest BCUT2D eigenvalue weighted by atomic mass is 10.0. The molecule has 0 aromatic heterocycles. The molecule has 0 N–H and O–H groups in total. The van der Waals surface area contributed by atoms with Crippen molar-refractivity contribution in [3.63, 3.8) is 0 Å². The van der Waals surface area contributed by atoms with E-state index in [2.05, 4.69) is 17.9 Å². The van der Waals surface area contributed by atoms with E-state index < -0.39 is 10.0 Å². The average Bonchev–Trinajstić information content (AvgIpc) is 2.50. The Morgan fingerprint density at radius 1 is 1.32 bits per heavy atom. The molecular formula is C16H25ClN2O2S. The van der Waals surface area contributed by atoms with E-state index in [9.17, 15) is 8.42 Å². The van der Waals surface area contributed by atoms with E-state index in [1.165, 1.54) is 11.1 Å². The second-order valence-corrected chi connectivity index (χ2v) is 8.75. The van der Waals surface area contributed by atoms with Gasteiger partial charge in [-0.2, -0.15) is 0 Å². The number of hydrogen-bond donors (Lipinski definition) is 0. The third kappa shape index (κ3) is 4.22. The molecule has 124 valence electrons. The predicted molar refractivity (Wildman–Crippen MR) is 91.7 cm³/mol. The Morgan fingerprint density at radius 2 is 1.95 bits per heavy atom. The molecule has 0 radical (unpaired) electrons. The first-order valence-electron chi connectivity index (χ1n) is 7.76. The summed E-state index contributed by atoms with van der Waals surface area (Å²) < 4.78 is 25.5. The van der Waals surface area contributed by atoms with Crippen molar-refractivity contribution >= 4 is 21.6 Å². The molecule has 1 aromatic carbocycles. The fourth-order valence-electron chi connectivity index (χ4n) is 2.95. The van der Waals surface area contributed by atoms with Gasteiger partial charge in [0, 0.05) is 37.7 Å². The van der Waals surface area contributed by atoms with Gasteiger partial charge < -0.3 is 0 Å². The van der Waals surface area contributed by atoms with Gasteiger partial charge in [-0.3, -0.25) is 4.90 Å². The SMILES string of the molecule is CCS(=O)(=O)N(C)C1CCN(Cc2ccc(Cl)cc2C)CC1. The lowest BCUT2D eigenvalue weighted by molar-refractivity contribution is 0.163. The van der Waals surface area contributed by atoms with Crippen LogP contribution in [0.1, 0.15) is 30.9 Å². The summed E-state index contributed by atoms with van der Waals surface area (Å²) in [5.74, 6) is 0.174. The monoisotopic (exact) mass is 344 g/mol. The van der Waals surface area contributed by atoms with Crippen molar-refractivity contribution in [3.8, 4) is 0 Å². The third-order valence-corrected chi connectivity index (χ3v) is 6.71. The fraction of sp³-hybridized carbons (Fsp3) is 0.625. The van der Waals surface area contributed by atoms with Crippen LogP contribution in [0.3, 0.4) is 0 Å². The number of sulfonamides is 1. The predicted octanol–water partition coefficient (Wildman–Crippen LogP) is 2.89. The van der Waals surface area contributed by atoms with Crippen LogP contribution in [0.15, 0.2) is 18.2 Å². The van der Waals surface area contributed by atoms with Crippen LogP contribution in [-0.2, 0) is 16.6 Å². The topological polar surface area (TPSA) is 40.6 Å². The number of benzene rings is 1. The minimum Gasteiger partial charge on any atom is -0.299 e. The molecule has 0 saturated carbocycles. The van der Waals surface area contributed by atoms with Crippen LogP contribution < -0.4 is 0 Å². The number of nitrogens with zero attached hydrogens (tertiary/aromatic N) is 2. The Morgan fingerprint density at radius 3 is 2.50 bits per heavy atom. The first-order valence-corrected chi connectivity index (χ1v) is 9.75. The molecule has 4 nitrogen and oxygen atoms in total. The summed E-state index contributed by atoms with van der Waals surface area (Å²) in [5.41, 5.74) is 2.50. The Kier molecular flexibility index (Phi) is 5.88. The summed E-state index contributed by atoms with van der Waals surface area (Å²) in [6.45, 7) is 6.53. The maximum absolute atomic E-state index is 11.9. The Hall–Kier alpha value is -0.620. The van der Waals surface area contributed by atoms with Crippen molar-refractivity contribution in [2.45, 2.75) is 39.3 Å². The van der Waals surface area contributed by atoms with Gasteiger partial charge in [-0.1, -0.05) is 17.7 Å². The molecule has 0 aliphatic carbocycles. The van der Waals surface area contributed by atoms with Gasteiger partial charge in [-0.05, 0) is 49.9 Å². The molecule has 0 unspecified atom stereocenters. The van der Waals surface area contributed by atoms with Crippen molar-refractivity contribution in [2.75, 3.05) is 25.9 Å². The number of aryl methyl sites for hydroxylation is 1. The normalized spacial score (nSPS) is 18.0. The number of rotatable bonds is 5. The zero-order valence-electron chi connectivity index (χ0n) is 13.5. The first kappa shape index (κ1) is 17.7. The van der Waals surface area contributed by atoms with Crippen molar-refractivity contribution < 1.29 is 8.42 Å². The summed E-state index contributed by atoms with van der Waals surface area (Å²) in [6.07, 6.45) is 1.78. The molecular weight excluding hydrogens is 320 g/mol. The van der Waals surface area contributed by atoms with Crippen molar-refractivity contribution in [1.29, 1.82) is 0 Å².